The molecule has 29 heavy (non-hydrogen) atoms. The highest BCUT2D eigenvalue weighted by molar-refractivity contribution is 7.89. The fraction of sp³-hybridized carbons (Fsp3) is 0.667. The Balaban J connectivity index is 1.68. The number of hydrogen-bond donors (Lipinski definition) is 1. The van der Waals surface area contributed by atoms with Crippen molar-refractivity contribution in [2.24, 2.45) is 5.92 Å². The van der Waals surface area contributed by atoms with Crippen LogP contribution in [0.15, 0.2) is 23.1 Å². The van der Waals surface area contributed by atoms with Gasteiger partial charge in [-0.25, -0.2) is 8.42 Å². The van der Waals surface area contributed by atoms with Crippen LogP contribution in [-0.2, 0) is 14.8 Å². The first kappa shape index (κ1) is 22.9. The number of nitrogens with one attached hydrogen (secondary N) is 1. The molecule has 0 aromatic heterocycles. The Labute approximate surface area is 184 Å². The second-order valence-corrected chi connectivity index (χ2v) is 10.9. The van der Waals surface area contributed by atoms with Crippen LogP contribution in [0.3, 0.4) is 0 Å². The van der Waals surface area contributed by atoms with E-state index in [1.807, 2.05) is 0 Å². The van der Waals surface area contributed by atoms with Crippen molar-refractivity contribution in [1.82, 2.24) is 9.62 Å². The summed E-state index contributed by atoms with van der Waals surface area (Å²) in [6, 6.07) is 4.14. The van der Waals surface area contributed by atoms with Crippen molar-refractivity contribution in [2.45, 2.75) is 75.1 Å². The van der Waals surface area contributed by atoms with Crippen LogP contribution in [0, 0.1) is 5.92 Å². The van der Waals surface area contributed by atoms with Gasteiger partial charge < -0.3 is 5.32 Å². The summed E-state index contributed by atoms with van der Waals surface area (Å²) in [6.45, 7) is 0.791. The van der Waals surface area contributed by atoms with Crippen molar-refractivity contribution in [3.8, 4) is 0 Å². The number of rotatable bonds is 5. The molecular formula is C21H30Cl2N2O3S. The molecule has 0 bridgehead atoms. The Kier molecular flexibility index (Phi) is 8.25. The molecular weight excluding hydrogens is 431 g/mol. The standard InChI is InChI=1S/C21H30Cl2N2O3S/c22-17-12-18(23)14-20(13-17)29(27,28)25-11-7-6-10-19(25)15-24-21(26)16-8-4-2-1-3-5-9-16/h12-14,16,19H,1-11,15H2,(H,24,26). The minimum Gasteiger partial charge on any atom is -0.354 e. The van der Waals surface area contributed by atoms with E-state index < -0.39 is 10.0 Å². The lowest BCUT2D eigenvalue weighted by atomic mass is 9.90. The summed E-state index contributed by atoms with van der Waals surface area (Å²) >= 11 is 12.0. The molecule has 1 aromatic rings. The molecule has 8 heteroatoms. The number of hydrogen-bond acceptors (Lipinski definition) is 3. The Hall–Kier alpha value is -0.820. The molecule has 1 atom stereocenters. The van der Waals surface area contributed by atoms with Gasteiger partial charge in [-0.15, -0.1) is 0 Å². The van der Waals surface area contributed by atoms with E-state index in [1.54, 1.807) is 0 Å². The lowest BCUT2D eigenvalue weighted by Gasteiger charge is -2.35. The Morgan fingerprint density at radius 2 is 1.52 bits per heavy atom. The van der Waals surface area contributed by atoms with Crippen LogP contribution in [-0.4, -0.2) is 37.8 Å². The summed E-state index contributed by atoms with van der Waals surface area (Å²) in [5, 5.41) is 3.64. The highest BCUT2D eigenvalue weighted by Crippen LogP contribution is 2.29. The first-order valence-electron chi connectivity index (χ1n) is 10.6. The normalized spacial score (nSPS) is 22.6. The fourth-order valence-electron chi connectivity index (χ4n) is 4.39. The van der Waals surface area contributed by atoms with Crippen molar-refractivity contribution in [3.63, 3.8) is 0 Å². The number of piperidine rings is 1. The molecule has 2 aliphatic rings. The summed E-state index contributed by atoms with van der Waals surface area (Å²) in [6.07, 6.45) is 10.2. The van der Waals surface area contributed by atoms with Gasteiger partial charge in [0.15, 0.2) is 0 Å². The number of carbonyl (C=O) groups excluding carboxylic acids is 1. The number of amides is 1. The average molecular weight is 461 g/mol. The lowest BCUT2D eigenvalue weighted by Crippen LogP contribution is -2.50. The van der Waals surface area contributed by atoms with Gasteiger partial charge in [0.05, 0.1) is 4.90 Å². The van der Waals surface area contributed by atoms with Gasteiger partial charge in [0, 0.05) is 35.1 Å². The van der Waals surface area contributed by atoms with Crippen molar-refractivity contribution < 1.29 is 13.2 Å². The topological polar surface area (TPSA) is 66.5 Å². The second kappa shape index (κ2) is 10.5. The fourth-order valence-corrected chi connectivity index (χ4v) is 6.81. The minimum absolute atomic E-state index is 0.0516. The maximum Gasteiger partial charge on any atom is 0.243 e. The van der Waals surface area contributed by atoms with Crippen LogP contribution in [0.5, 0.6) is 0 Å². The third kappa shape index (κ3) is 6.09. The molecule has 1 aliphatic heterocycles. The number of sulfonamides is 1. The molecule has 2 fully saturated rings. The zero-order valence-corrected chi connectivity index (χ0v) is 19.0. The maximum absolute atomic E-state index is 13.2. The van der Waals surface area contributed by atoms with E-state index in [0.29, 0.717) is 23.1 Å². The molecule has 0 radical (unpaired) electrons. The summed E-state index contributed by atoms with van der Waals surface area (Å²) in [5.41, 5.74) is 0. The SMILES string of the molecule is O=C(NCC1CCCCN1S(=O)(=O)c1cc(Cl)cc(Cl)c1)C1CCCCCCC1. The van der Waals surface area contributed by atoms with Gasteiger partial charge in [0.2, 0.25) is 15.9 Å². The summed E-state index contributed by atoms with van der Waals surface area (Å²) in [5.74, 6) is 0.122. The quantitative estimate of drug-likeness (QED) is 0.670. The van der Waals surface area contributed by atoms with Gasteiger partial charge in [-0.3, -0.25) is 4.79 Å². The molecule has 1 amide bonds. The van der Waals surface area contributed by atoms with Crippen molar-refractivity contribution >= 4 is 39.1 Å². The van der Waals surface area contributed by atoms with Gasteiger partial charge in [0.25, 0.3) is 0 Å². The second-order valence-electron chi connectivity index (χ2n) is 8.16. The molecule has 5 nitrogen and oxygen atoms in total. The van der Waals surface area contributed by atoms with E-state index in [1.165, 1.54) is 41.8 Å². The number of carbonyl (C=O) groups is 1. The molecule has 1 saturated carbocycles. The predicted octanol–water partition coefficient (Wildman–Crippen LogP) is 5.01. The molecule has 0 spiro atoms. The maximum atomic E-state index is 13.2. The smallest absolute Gasteiger partial charge is 0.243 e. The summed E-state index contributed by atoms with van der Waals surface area (Å²) in [7, 11) is -3.73. The monoisotopic (exact) mass is 460 g/mol. The minimum atomic E-state index is -3.73. The highest BCUT2D eigenvalue weighted by Gasteiger charge is 2.34. The Bertz CT molecular complexity index is 788. The zero-order chi connectivity index (χ0) is 20.9. The van der Waals surface area contributed by atoms with Crippen molar-refractivity contribution in [1.29, 1.82) is 0 Å². The average Bonchev–Trinajstić information content (AvgIpc) is 2.65. The molecule has 1 aromatic carbocycles. The van der Waals surface area contributed by atoms with Crippen LogP contribution < -0.4 is 5.32 Å². The van der Waals surface area contributed by atoms with Gasteiger partial charge in [-0.05, 0) is 43.9 Å². The van der Waals surface area contributed by atoms with Gasteiger partial charge >= 0.3 is 0 Å². The van der Waals surface area contributed by atoms with E-state index in [-0.39, 0.29) is 22.8 Å². The van der Waals surface area contributed by atoms with E-state index in [0.717, 1.165) is 44.9 Å². The van der Waals surface area contributed by atoms with Crippen LogP contribution in [0.25, 0.3) is 0 Å². The Morgan fingerprint density at radius 1 is 0.931 bits per heavy atom. The summed E-state index contributed by atoms with van der Waals surface area (Å²) < 4.78 is 28.0. The van der Waals surface area contributed by atoms with Crippen molar-refractivity contribution in [2.75, 3.05) is 13.1 Å². The molecule has 1 heterocycles. The van der Waals surface area contributed by atoms with Crippen LogP contribution >= 0.6 is 23.2 Å². The number of benzene rings is 1. The van der Waals surface area contributed by atoms with Crippen molar-refractivity contribution in [3.05, 3.63) is 28.2 Å². The molecule has 1 saturated heterocycles. The van der Waals surface area contributed by atoms with Gasteiger partial charge in [-0.2, -0.15) is 4.31 Å². The first-order chi connectivity index (χ1) is 13.9. The van der Waals surface area contributed by atoms with Gasteiger partial charge in [0.1, 0.15) is 0 Å². The van der Waals surface area contributed by atoms with Crippen LogP contribution in [0.4, 0.5) is 0 Å². The predicted molar refractivity (Wildman–Crippen MR) is 117 cm³/mol. The molecule has 3 rings (SSSR count). The molecule has 1 unspecified atom stereocenters. The molecule has 1 aliphatic carbocycles. The van der Waals surface area contributed by atoms with Gasteiger partial charge in [-0.1, -0.05) is 61.7 Å². The van der Waals surface area contributed by atoms with E-state index >= 15 is 0 Å². The lowest BCUT2D eigenvalue weighted by molar-refractivity contribution is -0.125. The summed E-state index contributed by atoms with van der Waals surface area (Å²) in [4.78, 5) is 12.8. The first-order valence-corrected chi connectivity index (χ1v) is 12.8. The van der Waals surface area contributed by atoms with Crippen LogP contribution in [0.1, 0.15) is 64.2 Å². The number of nitrogens with zero attached hydrogens (tertiary/aromatic N) is 1. The third-order valence-electron chi connectivity index (χ3n) is 6.00. The van der Waals surface area contributed by atoms with Crippen LogP contribution in [0.2, 0.25) is 10.0 Å². The van der Waals surface area contributed by atoms with E-state index in [9.17, 15) is 13.2 Å². The largest absolute Gasteiger partial charge is 0.354 e. The highest BCUT2D eigenvalue weighted by atomic mass is 35.5. The molecule has 1 N–H and O–H groups in total. The van der Waals surface area contributed by atoms with E-state index in [2.05, 4.69) is 5.32 Å². The zero-order valence-electron chi connectivity index (χ0n) is 16.7. The van der Waals surface area contributed by atoms with E-state index in [4.69, 9.17) is 23.2 Å². The Morgan fingerprint density at radius 3 is 2.17 bits per heavy atom. The number of halogens is 2. The third-order valence-corrected chi connectivity index (χ3v) is 8.37. The molecule has 162 valence electrons.